The maximum atomic E-state index is 11.9. The third kappa shape index (κ3) is 2.63. The highest BCUT2D eigenvalue weighted by Crippen LogP contribution is 2.38. The molecule has 1 spiro atoms. The highest BCUT2D eigenvalue weighted by Gasteiger charge is 2.44. The number of hydrogen-bond donors (Lipinski definition) is 0. The molecule has 0 radical (unpaired) electrons. The van der Waals surface area contributed by atoms with Crippen molar-refractivity contribution in [1.82, 2.24) is 19.4 Å². The van der Waals surface area contributed by atoms with E-state index in [-0.39, 0.29) is 5.54 Å². The molecule has 0 unspecified atom stereocenters. The lowest BCUT2D eigenvalue weighted by atomic mass is 9.85. The smallest absolute Gasteiger partial charge is 0.222 e. The summed E-state index contributed by atoms with van der Waals surface area (Å²) in [5, 5.41) is 0. The molecule has 2 aromatic heterocycles. The van der Waals surface area contributed by atoms with Crippen LogP contribution in [0.1, 0.15) is 31.4 Å². The van der Waals surface area contributed by atoms with E-state index < -0.39 is 0 Å². The Bertz CT molecular complexity index is 716. The van der Waals surface area contributed by atoms with E-state index >= 15 is 0 Å². The van der Waals surface area contributed by atoms with Gasteiger partial charge in [0.15, 0.2) is 0 Å². The van der Waals surface area contributed by atoms with E-state index in [0.717, 1.165) is 51.1 Å². The van der Waals surface area contributed by atoms with Crippen molar-refractivity contribution < 1.29 is 4.79 Å². The van der Waals surface area contributed by atoms with Crippen LogP contribution in [0.2, 0.25) is 0 Å². The first kappa shape index (κ1) is 15.4. The van der Waals surface area contributed by atoms with Gasteiger partial charge in [0.05, 0.1) is 0 Å². The van der Waals surface area contributed by atoms with Crippen LogP contribution in [0.5, 0.6) is 0 Å². The van der Waals surface area contributed by atoms with Gasteiger partial charge in [0.1, 0.15) is 5.82 Å². The van der Waals surface area contributed by atoms with E-state index in [1.165, 1.54) is 5.69 Å². The van der Waals surface area contributed by atoms with Gasteiger partial charge >= 0.3 is 0 Å². The minimum absolute atomic E-state index is 0.122. The monoisotopic (exact) mass is 324 g/mol. The molecule has 5 nitrogen and oxygen atoms in total. The summed E-state index contributed by atoms with van der Waals surface area (Å²) in [6, 6.07) is 10.2. The van der Waals surface area contributed by atoms with Crippen LogP contribution in [0.3, 0.4) is 0 Å². The second kappa shape index (κ2) is 6.06. The van der Waals surface area contributed by atoms with E-state index in [4.69, 9.17) is 0 Å². The summed E-state index contributed by atoms with van der Waals surface area (Å²) >= 11 is 0. The molecule has 0 aliphatic carbocycles. The summed E-state index contributed by atoms with van der Waals surface area (Å²) in [4.78, 5) is 20.9. The summed E-state index contributed by atoms with van der Waals surface area (Å²) in [7, 11) is 1.98. The van der Waals surface area contributed by atoms with Crippen LogP contribution in [0.4, 0.5) is 0 Å². The van der Waals surface area contributed by atoms with Crippen molar-refractivity contribution in [3.63, 3.8) is 0 Å². The van der Waals surface area contributed by atoms with Crippen LogP contribution in [-0.2, 0) is 11.3 Å². The fourth-order valence-electron chi connectivity index (χ4n) is 4.15. The predicted octanol–water partition coefficient (Wildman–Crippen LogP) is 2.46. The number of likely N-dealkylation sites (tertiary alicyclic amines) is 2. The van der Waals surface area contributed by atoms with Gasteiger partial charge in [-0.3, -0.25) is 9.69 Å². The van der Waals surface area contributed by atoms with Gasteiger partial charge in [-0.1, -0.05) is 6.07 Å². The molecule has 0 N–H and O–H groups in total. The minimum atomic E-state index is 0.122. The molecular formula is C19H24N4O. The Balaban J connectivity index is 1.44. The first-order chi connectivity index (χ1) is 11.7. The van der Waals surface area contributed by atoms with Crippen LogP contribution < -0.4 is 0 Å². The highest BCUT2D eigenvalue weighted by atomic mass is 16.2. The lowest BCUT2D eigenvalue weighted by molar-refractivity contribution is -0.130. The van der Waals surface area contributed by atoms with E-state index in [1.54, 1.807) is 0 Å². The molecule has 2 aliphatic heterocycles. The number of carbonyl (C=O) groups is 1. The van der Waals surface area contributed by atoms with Gasteiger partial charge in [-0.25, -0.2) is 4.98 Å². The Labute approximate surface area is 142 Å². The fourth-order valence-corrected chi connectivity index (χ4v) is 4.15. The molecular weight excluding hydrogens is 300 g/mol. The Morgan fingerprint density at radius 3 is 2.62 bits per heavy atom. The number of pyridine rings is 1. The van der Waals surface area contributed by atoms with Gasteiger partial charge in [-0.2, -0.15) is 0 Å². The Morgan fingerprint density at radius 2 is 1.96 bits per heavy atom. The Kier molecular flexibility index (Phi) is 3.88. The van der Waals surface area contributed by atoms with Crippen LogP contribution in [0.25, 0.3) is 5.82 Å². The Hall–Kier alpha value is -2.14. The van der Waals surface area contributed by atoms with Crippen LogP contribution >= 0.6 is 0 Å². The summed E-state index contributed by atoms with van der Waals surface area (Å²) in [6.07, 6.45) is 7.82. The van der Waals surface area contributed by atoms with Gasteiger partial charge in [0.25, 0.3) is 0 Å². The number of hydrogen-bond acceptors (Lipinski definition) is 3. The van der Waals surface area contributed by atoms with Gasteiger partial charge in [-0.15, -0.1) is 0 Å². The van der Waals surface area contributed by atoms with Gasteiger partial charge in [-0.05, 0) is 43.5 Å². The summed E-state index contributed by atoms with van der Waals surface area (Å²) in [5.74, 6) is 1.28. The van der Waals surface area contributed by atoms with Gasteiger partial charge in [0, 0.05) is 56.7 Å². The second-order valence-corrected chi connectivity index (χ2v) is 7.01. The van der Waals surface area contributed by atoms with Crippen molar-refractivity contribution in [3.8, 4) is 5.82 Å². The molecule has 126 valence electrons. The minimum Gasteiger partial charge on any atom is -0.340 e. The van der Waals surface area contributed by atoms with E-state index in [9.17, 15) is 4.79 Å². The molecule has 0 bridgehead atoms. The predicted molar refractivity (Wildman–Crippen MR) is 92.8 cm³/mol. The van der Waals surface area contributed by atoms with E-state index in [1.807, 2.05) is 36.3 Å². The van der Waals surface area contributed by atoms with Gasteiger partial charge in [0.2, 0.25) is 5.91 Å². The first-order valence-electron chi connectivity index (χ1n) is 8.75. The standard InChI is InChI=1S/C19H24N4O/c1-21-18(24)7-8-19(21)9-13-22(14-10-19)15-16-5-4-12-23(16)17-6-2-3-11-20-17/h2-6,11-12H,7-10,13-15H2,1H3. The van der Waals surface area contributed by atoms with Crippen molar-refractivity contribution in [2.24, 2.45) is 0 Å². The average Bonchev–Trinajstić information content (AvgIpc) is 3.19. The topological polar surface area (TPSA) is 41.4 Å². The van der Waals surface area contributed by atoms with Crippen molar-refractivity contribution in [1.29, 1.82) is 0 Å². The molecule has 24 heavy (non-hydrogen) atoms. The van der Waals surface area contributed by atoms with Crippen LogP contribution in [0.15, 0.2) is 42.7 Å². The van der Waals surface area contributed by atoms with E-state index in [2.05, 4.69) is 32.8 Å². The van der Waals surface area contributed by atoms with E-state index in [0.29, 0.717) is 5.91 Å². The zero-order valence-corrected chi connectivity index (χ0v) is 14.2. The zero-order chi connectivity index (χ0) is 16.6. The fraction of sp³-hybridized carbons (Fsp3) is 0.474. The SMILES string of the molecule is CN1C(=O)CCC12CCN(Cc1cccn1-c1ccccn1)CC2. The first-order valence-corrected chi connectivity index (χ1v) is 8.75. The zero-order valence-electron chi connectivity index (χ0n) is 14.2. The average molecular weight is 324 g/mol. The number of aromatic nitrogens is 2. The summed E-state index contributed by atoms with van der Waals surface area (Å²) in [6.45, 7) is 3.02. The highest BCUT2D eigenvalue weighted by molar-refractivity contribution is 5.79. The molecule has 0 aromatic carbocycles. The molecule has 2 aromatic rings. The number of amides is 1. The number of nitrogens with zero attached hydrogens (tertiary/aromatic N) is 4. The second-order valence-electron chi connectivity index (χ2n) is 7.01. The largest absolute Gasteiger partial charge is 0.340 e. The summed E-state index contributed by atoms with van der Waals surface area (Å²) in [5.41, 5.74) is 1.39. The van der Waals surface area contributed by atoms with Crippen LogP contribution in [-0.4, -0.2) is 50.9 Å². The normalized spacial score (nSPS) is 20.9. The lowest BCUT2D eigenvalue weighted by Crippen LogP contribution is -2.51. The number of carbonyl (C=O) groups excluding carboxylic acids is 1. The molecule has 2 aliphatic rings. The van der Waals surface area contributed by atoms with Crippen molar-refractivity contribution in [2.45, 2.75) is 37.8 Å². The molecule has 1 amide bonds. The Morgan fingerprint density at radius 1 is 1.12 bits per heavy atom. The lowest BCUT2D eigenvalue weighted by Gasteiger charge is -2.43. The van der Waals surface area contributed by atoms with Gasteiger partial charge < -0.3 is 9.47 Å². The molecule has 4 heterocycles. The van der Waals surface area contributed by atoms with Crippen molar-refractivity contribution in [2.75, 3.05) is 20.1 Å². The van der Waals surface area contributed by atoms with Crippen LogP contribution in [0, 0.1) is 0 Å². The maximum Gasteiger partial charge on any atom is 0.222 e. The third-order valence-corrected chi connectivity index (χ3v) is 5.79. The van der Waals surface area contributed by atoms with Crippen molar-refractivity contribution >= 4 is 5.91 Å². The molecule has 4 rings (SSSR count). The summed E-state index contributed by atoms with van der Waals surface area (Å²) < 4.78 is 2.16. The molecule has 2 fully saturated rings. The van der Waals surface area contributed by atoms with Crippen molar-refractivity contribution in [3.05, 3.63) is 48.4 Å². The third-order valence-electron chi connectivity index (χ3n) is 5.79. The molecule has 2 saturated heterocycles. The number of piperidine rings is 1. The molecule has 5 heteroatoms. The quantitative estimate of drug-likeness (QED) is 0.871. The molecule has 0 atom stereocenters. The number of rotatable bonds is 3. The maximum absolute atomic E-state index is 11.9. The molecule has 0 saturated carbocycles.